The summed E-state index contributed by atoms with van der Waals surface area (Å²) in [4.78, 5) is 27.4. The van der Waals surface area contributed by atoms with Gasteiger partial charge >= 0.3 is 0 Å². The van der Waals surface area contributed by atoms with E-state index >= 15 is 0 Å². The number of benzene rings is 1. The fourth-order valence-electron chi connectivity index (χ4n) is 3.91. The zero-order valence-electron chi connectivity index (χ0n) is 14.3. The molecule has 1 aromatic carbocycles. The lowest BCUT2D eigenvalue weighted by Gasteiger charge is -2.17. The van der Waals surface area contributed by atoms with Crippen molar-refractivity contribution in [2.24, 2.45) is 23.5 Å². The van der Waals surface area contributed by atoms with E-state index in [0.717, 1.165) is 6.20 Å². The van der Waals surface area contributed by atoms with E-state index in [1.165, 1.54) is 19.2 Å². The smallest absolute Gasteiger partial charge is 0.252 e. The molecule has 0 bridgehead atoms. The summed E-state index contributed by atoms with van der Waals surface area (Å²) in [5, 5.41) is 3.44. The molecule has 2 aliphatic rings. The van der Waals surface area contributed by atoms with Crippen molar-refractivity contribution in [1.82, 2.24) is 10.3 Å². The van der Waals surface area contributed by atoms with Crippen LogP contribution in [0.1, 0.15) is 17.3 Å². The number of amides is 2. The van der Waals surface area contributed by atoms with E-state index in [1.54, 1.807) is 0 Å². The average molecular weight is 359 g/mol. The van der Waals surface area contributed by atoms with Gasteiger partial charge in [-0.05, 0) is 24.0 Å². The molecule has 4 unspecified atom stereocenters. The highest BCUT2D eigenvalue weighted by Gasteiger charge is 2.61. The Labute approximate surface area is 148 Å². The van der Waals surface area contributed by atoms with Crippen LogP contribution in [0.5, 0.6) is 11.6 Å². The number of primary amides is 1. The molecule has 1 aliphatic carbocycles. The molecule has 1 saturated carbocycles. The van der Waals surface area contributed by atoms with E-state index in [0.29, 0.717) is 11.3 Å². The third-order valence-corrected chi connectivity index (χ3v) is 5.33. The van der Waals surface area contributed by atoms with E-state index in [9.17, 15) is 14.0 Å². The Kier molecular flexibility index (Phi) is 3.71. The minimum absolute atomic E-state index is 0.0563. The Morgan fingerprint density at radius 2 is 2.15 bits per heavy atom. The van der Waals surface area contributed by atoms with Crippen molar-refractivity contribution in [3.05, 3.63) is 29.7 Å². The number of hydrogen-bond acceptors (Lipinski definition) is 5. The molecule has 26 heavy (non-hydrogen) atoms. The fraction of sp³-hybridized carbons (Fsp3) is 0.389. The van der Waals surface area contributed by atoms with E-state index in [1.807, 2.05) is 6.92 Å². The molecule has 2 aromatic rings. The number of ether oxygens (including phenoxy) is 2. The second kappa shape index (κ2) is 5.82. The first-order chi connectivity index (χ1) is 12.4. The van der Waals surface area contributed by atoms with E-state index in [2.05, 4.69) is 10.3 Å². The van der Waals surface area contributed by atoms with Crippen LogP contribution in [0.25, 0.3) is 10.8 Å². The molecule has 8 heteroatoms. The molecular formula is C18H18FN3O4. The topological polar surface area (TPSA) is 104 Å². The Balaban J connectivity index is 1.66. The summed E-state index contributed by atoms with van der Waals surface area (Å²) < 4.78 is 25.2. The maximum atomic E-state index is 14.2. The summed E-state index contributed by atoms with van der Waals surface area (Å²) in [7, 11) is 1.39. The summed E-state index contributed by atoms with van der Waals surface area (Å²) in [5.41, 5.74) is 5.41. The maximum absolute atomic E-state index is 14.2. The number of methoxy groups -OCH3 is 1. The third-order valence-electron chi connectivity index (χ3n) is 5.33. The Hall–Kier alpha value is -2.90. The van der Waals surface area contributed by atoms with Crippen molar-refractivity contribution in [2.45, 2.75) is 13.0 Å². The number of aromatic nitrogens is 1. The van der Waals surface area contributed by atoms with Gasteiger partial charge in [-0.3, -0.25) is 9.59 Å². The molecule has 2 heterocycles. The molecule has 0 spiro atoms. The molecule has 2 amide bonds. The lowest BCUT2D eigenvalue weighted by Crippen LogP contribution is -2.36. The first-order valence-electron chi connectivity index (χ1n) is 8.31. The quantitative estimate of drug-likeness (QED) is 0.836. The summed E-state index contributed by atoms with van der Waals surface area (Å²) in [6.45, 7) is 2.29. The highest BCUT2D eigenvalue weighted by molar-refractivity contribution is 6.01. The van der Waals surface area contributed by atoms with Gasteiger partial charge in [0, 0.05) is 11.3 Å². The second-order valence-corrected chi connectivity index (χ2v) is 6.76. The van der Waals surface area contributed by atoms with Crippen molar-refractivity contribution >= 4 is 22.6 Å². The Morgan fingerprint density at radius 3 is 2.77 bits per heavy atom. The highest BCUT2D eigenvalue weighted by Crippen LogP contribution is 2.52. The number of piperidine rings is 1. The van der Waals surface area contributed by atoms with E-state index in [4.69, 9.17) is 15.2 Å². The predicted octanol–water partition coefficient (Wildman–Crippen LogP) is 1.24. The van der Waals surface area contributed by atoms with Gasteiger partial charge < -0.3 is 20.5 Å². The van der Waals surface area contributed by atoms with Crippen LogP contribution < -0.4 is 20.5 Å². The van der Waals surface area contributed by atoms with Crippen molar-refractivity contribution in [3.63, 3.8) is 0 Å². The van der Waals surface area contributed by atoms with Crippen LogP contribution in [-0.4, -0.2) is 36.6 Å². The molecule has 2 fully saturated rings. The number of nitrogens with two attached hydrogens (primary N) is 1. The molecule has 7 nitrogen and oxygen atoms in total. The van der Waals surface area contributed by atoms with Crippen molar-refractivity contribution < 1.29 is 23.5 Å². The van der Waals surface area contributed by atoms with Crippen LogP contribution in [0.15, 0.2) is 18.3 Å². The predicted molar refractivity (Wildman–Crippen MR) is 90.3 cm³/mol. The first kappa shape index (κ1) is 16.6. The minimum Gasteiger partial charge on any atom is -0.496 e. The van der Waals surface area contributed by atoms with Crippen LogP contribution in [0.3, 0.4) is 0 Å². The molecule has 0 radical (unpaired) electrons. The number of hydrogen-bond donors (Lipinski definition) is 2. The van der Waals surface area contributed by atoms with Crippen LogP contribution in [-0.2, 0) is 4.79 Å². The van der Waals surface area contributed by atoms with Crippen molar-refractivity contribution in [3.8, 4) is 11.6 Å². The minimum atomic E-state index is -0.718. The van der Waals surface area contributed by atoms with Gasteiger partial charge in [0.15, 0.2) is 0 Å². The van der Waals surface area contributed by atoms with Crippen molar-refractivity contribution in [1.29, 1.82) is 0 Å². The van der Waals surface area contributed by atoms with Gasteiger partial charge in [0.2, 0.25) is 11.8 Å². The van der Waals surface area contributed by atoms with Crippen LogP contribution >= 0.6 is 0 Å². The zero-order chi connectivity index (χ0) is 18.6. The second-order valence-electron chi connectivity index (χ2n) is 6.76. The number of fused-ring (bicyclic) bond motifs is 2. The van der Waals surface area contributed by atoms with Gasteiger partial charge in [-0.15, -0.1) is 0 Å². The third kappa shape index (κ3) is 2.44. The Bertz CT molecular complexity index is 932. The number of carbonyl (C=O) groups is 2. The van der Waals surface area contributed by atoms with Gasteiger partial charge in [0.05, 0.1) is 30.3 Å². The van der Waals surface area contributed by atoms with Gasteiger partial charge in [0.1, 0.15) is 18.2 Å². The van der Waals surface area contributed by atoms with E-state index < -0.39 is 11.7 Å². The largest absolute Gasteiger partial charge is 0.496 e. The summed E-state index contributed by atoms with van der Waals surface area (Å²) in [6, 6.07) is 2.73. The molecule has 136 valence electrons. The number of pyridine rings is 1. The number of halogens is 1. The lowest BCUT2D eigenvalue weighted by atomic mass is 10.1. The summed E-state index contributed by atoms with van der Waals surface area (Å²) >= 11 is 0. The first-order valence-corrected chi connectivity index (χ1v) is 8.31. The van der Waals surface area contributed by atoms with E-state index in [-0.39, 0.29) is 53.0 Å². The lowest BCUT2D eigenvalue weighted by molar-refractivity contribution is -0.121. The van der Waals surface area contributed by atoms with Crippen LogP contribution in [0.4, 0.5) is 4.39 Å². The molecule has 4 rings (SSSR count). The maximum Gasteiger partial charge on any atom is 0.252 e. The number of carbonyl (C=O) groups excluding carboxylic acids is 2. The van der Waals surface area contributed by atoms with Gasteiger partial charge in [0.25, 0.3) is 5.91 Å². The van der Waals surface area contributed by atoms with Gasteiger partial charge in [-0.1, -0.05) is 6.92 Å². The fourth-order valence-corrected chi connectivity index (χ4v) is 3.91. The molecule has 1 aliphatic heterocycles. The van der Waals surface area contributed by atoms with Crippen molar-refractivity contribution in [2.75, 3.05) is 13.7 Å². The highest BCUT2D eigenvalue weighted by atomic mass is 19.1. The standard InChI is InChI=1S/C18H18FN3O4/c1-7-14-12(22-17(24)15(7)14)6-26-18-9-4-13(25-2)10(16(20)23)3-8(9)11(19)5-21-18/h3-5,7,12,14-15H,6H2,1-2H3,(H2,20,23)(H,22,24). The molecule has 4 atom stereocenters. The summed E-state index contributed by atoms with van der Waals surface area (Å²) in [5.74, 6) is -0.138. The number of rotatable bonds is 5. The summed E-state index contributed by atoms with van der Waals surface area (Å²) in [6.07, 6.45) is 1.03. The van der Waals surface area contributed by atoms with Gasteiger partial charge in [-0.25, -0.2) is 9.37 Å². The molecular weight excluding hydrogens is 341 g/mol. The molecule has 1 aromatic heterocycles. The normalized spacial score (nSPS) is 26.3. The average Bonchev–Trinajstić information content (AvgIpc) is 3.16. The number of nitrogens with one attached hydrogen (secondary N) is 1. The SMILES string of the molecule is COc1cc2c(OCC3NC(=O)C4C(C)C34)ncc(F)c2cc1C(N)=O. The monoisotopic (exact) mass is 359 g/mol. The van der Waals surface area contributed by atoms with Crippen LogP contribution in [0.2, 0.25) is 0 Å². The zero-order valence-corrected chi connectivity index (χ0v) is 14.3. The number of nitrogens with zero attached hydrogens (tertiary/aromatic N) is 1. The molecule has 3 N–H and O–H groups in total. The molecule has 1 saturated heterocycles. The van der Waals surface area contributed by atoms with Gasteiger partial charge in [-0.2, -0.15) is 0 Å². The van der Waals surface area contributed by atoms with Crippen LogP contribution in [0, 0.1) is 23.6 Å². The Morgan fingerprint density at radius 1 is 1.38 bits per heavy atom.